The van der Waals surface area contributed by atoms with Crippen molar-refractivity contribution in [1.29, 1.82) is 0 Å². The van der Waals surface area contributed by atoms with Crippen molar-refractivity contribution in [3.63, 3.8) is 0 Å². The number of carboxylic acids is 2. The lowest BCUT2D eigenvalue weighted by Crippen LogP contribution is -2.56. The minimum Gasteiger partial charge on any atom is -0.481 e. The summed E-state index contributed by atoms with van der Waals surface area (Å²) in [7, 11) is 0. The minimum absolute atomic E-state index is 0.0425. The second-order valence-electron chi connectivity index (χ2n) is 9.08. The Hall–Kier alpha value is -3.97. The van der Waals surface area contributed by atoms with Crippen molar-refractivity contribution in [1.82, 2.24) is 20.9 Å². The van der Waals surface area contributed by atoms with E-state index in [1.54, 1.807) is 12.3 Å². The van der Waals surface area contributed by atoms with Gasteiger partial charge in [0.25, 0.3) is 0 Å². The second kappa shape index (κ2) is 14.7. The van der Waals surface area contributed by atoms with E-state index in [9.17, 15) is 29.1 Å². The van der Waals surface area contributed by atoms with Crippen LogP contribution in [0.1, 0.15) is 44.6 Å². The van der Waals surface area contributed by atoms with Crippen molar-refractivity contribution in [2.75, 3.05) is 6.54 Å². The molecule has 38 heavy (non-hydrogen) atoms. The summed E-state index contributed by atoms with van der Waals surface area (Å²) in [6.07, 6.45) is 2.60. The molecule has 0 saturated carbocycles. The first-order chi connectivity index (χ1) is 18.0. The molecule has 10 N–H and O–H groups in total. The zero-order valence-corrected chi connectivity index (χ0v) is 21.2. The Labute approximate surface area is 219 Å². The number of hydrogen-bond acceptors (Lipinski definition) is 7. The first-order valence-electron chi connectivity index (χ1n) is 12.4. The van der Waals surface area contributed by atoms with Crippen LogP contribution in [0.3, 0.4) is 0 Å². The van der Waals surface area contributed by atoms with Gasteiger partial charge in [-0.25, -0.2) is 4.79 Å². The van der Waals surface area contributed by atoms with Gasteiger partial charge in [0.15, 0.2) is 0 Å². The topological polar surface area (TPSA) is 230 Å². The average molecular weight is 533 g/mol. The maximum atomic E-state index is 13.0. The summed E-state index contributed by atoms with van der Waals surface area (Å²) in [5, 5.41) is 26.9. The number of nitrogens with two attached hydrogens (primary N) is 2. The quantitative estimate of drug-likeness (QED) is 0.131. The Morgan fingerprint density at radius 3 is 2.26 bits per heavy atom. The van der Waals surface area contributed by atoms with Crippen LogP contribution in [0, 0.1) is 0 Å². The summed E-state index contributed by atoms with van der Waals surface area (Å²) in [5.41, 5.74) is 12.7. The van der Waals surface area contributed by atoms with E-state index in [0.29, 0.717) is 31.4 Å². The molecule has 1 aromatic heterocycles. The van der Waals surface area contributed by atoms with Crippen molar-refractivity contribution < 1.29 is 34.2 Å². The molecule has 2 aromatic rings. The van der Waals surface area contributed by atoms with Gasteiger partial charge in [-0.15, -0.1) is 0 Å². The molecule has 208 valence electrons. The fourth-order valence-electron chi connectivity index (χ4n) is 3.85. The number of H-pyrrole nitrogens is 1. The van der Waals surface area contributed by atoms with E-state index in [4.69, 9.17) is 16.6 Å². The van der Waals surface area contributed by atoms with E-state index in [2.05, 4.69) is 20.9 Å². The Balaban J connectivity index is 2.06. The summed E-state index contributed by atoms with van der Waals surface area (Å²) >= 11 is 0. The third-order valence-electron chi connectivity index (χ3n) is 6.05. The molecule has 0 fully saturated rings. The number of carbonyl (C=O) groups excluding carboxylic acids is 3. The third-order valence-corrected chi connectivity index (χ3v) is 6.05. The molecular formula is C25H36N6O7. The maximum absolute atomic E-state index is 13.0. The second-order valence-corrected chi connectivity index (χ2v) is 9.08. The molecule has 0 saturated heterocycles. The third kappa shape index (κ3) is 9.16. The Morgan fingerprint density at radius 1 is 0.921 bits per heavy atom. The smallest absolute Gasteiger partial charge is 0.326 e. The van der Waals surface area contributed by atoms with E-state index >= 15 is 0 Å². The van der Waals surface area contributed by atoms with Crippen molar-refractivity contribution >= 4 is 40.6 Å². The highest BCUT2D eigenvalue weighted by molar-refractivity contribution is 5.94. The van der Waals surface area contributed by atoms with Gasteiger partial charge in [0.1, 0.15) is 18.1 Å². The molecular weight excluding hydrogens is 496 g/mol. The molecule has 2 rings (SSSR count). The van der Waals surface area contributed by atoms with Crippen LogP contribution in [0.15, 0.2) is 30.5 Å². The molecule has 0 aliphatic rings. The van der Waals surface area contributed by atoms with E-state index in [1.807, 2.05) is 18.2 Å². The van der Waals surface area contributed by atoms with E-state index < -0.39 is 60.2 Å². The van der Waals surface area contributed by atoms with Crippen LogP contribution >= 0.6 is 0 Å². The number of aliphatic carboxylic acids is 2. The lowest BCUT2D eigenvalue weighted by Gasteiger charge is -2.23. The molecule has 0 radical (unpaired) electrons. The number of rotatable bonds is 16. The molecule has 13 nitrogen and oxygen atoms in total. The number of unbranched alkanes of at least 4 members (excludes halogenated alkanes) is 1. The molecule has 0 bridgehead atoms. The Bertz CT molecular complexity index is 1130. The summed E-state index contributed by atoms with van der Waals surface area (Å²) < 4.78 is 0. The van der Waals surface area contributed by atoms with Crippen LogP contribution in [0.4, 0.5) is 0 Å². The summed E-state index contributed by atoms with van der Waals surface area (Å²) in [5.74, 6) is -4.65. The SMILES string of the molecule is CC(NC(=O)C(N)CCCCN)C(=O)NC(CCC(=O)O)C(=O)NC(Cc1c[nH]c2ccccc12)C(=O)O. The molecule has 0 aliphatic heterocycles. The molecule has 13 heteroatoms. The van der Waals surface area contributed by atoms with Crippen LogP contribution in [0.5, 0.6) is 0 Å². The zero-order chi connectivity index (χ0) is 28.2. The molecule has 4 unspecified atom stereocenters. The largest absolute Gasteiger partial charge is 0.481 e. The number of hydrogen-bond donors (Lipinski definition) is 8. The van der Waals surface area contributed by atoms with Gasteiger partial charge in [-0.05, 0) is 44.4 Å². The van der Waals surface area contributed by atoms with E-state index in [-0.39, 0.29) is 12.8 Å². The zero-order valence-electron chi connectivity index (χ0n) is 21.2. The van der Waals surface area contributed by atoms with Gasteiger partial charge in [0.2, 0.25) is 17.7 Å². The molecule has 0 aliphatic carbocycles. The number of amides is 3. The van der Waals surface area contributed by atoms with Crippen molar-refractivity contribution in [3.8, 4) is 0 Å². The molecule has 1 aromatic carbocycles. The van der Waals surface area contributed by atoms with Crippen molar-refractivity contribution in [2.24, 2.45) is 11.5 Å². The number of fused-ring (bicyclic) bond motifs is 1. The highest BCUT2D eigenvalue weighted by Crippen LogP contribution is 2.19. The number of para-hydroxylation sites is 1. The highest BCUT2D eigenvalue weighted by atomic mass is 16.4. The number of aromatic nitrogens is 1. The first-order valence-corrected chi connectivity index (χ1v) is 12.4. The van der Waals surface area contributed by atoms with Crippen LogP contribution in [-0.4, -0.2) is 75.6 Å². The monoisotopic (exact) mass is 532 g/mol. The first kappa shape index (κ1) is 30.3. The maximum Gasteiger partial charge on any atom is 0.326 e. The van der Waals surface area contributed by atoms with Crippen molar-refractivity contribution in [3.05, 3.63) is 36.0 Å². The highest BCUT2D eigenvalue weighted by Gasteiger charge is 2.29. The van der Waals surface area contributed by atoms with Crippen LogP contribution in [0.25, 0.3) is 10.9 Å². The predicted molar refractivity (Wildman–Crippen MR) is 139 cm³/mol. The van der Waals surface area contributed by atoms with Crippen molar-refractivity contribution in [2.45, 2.75) is 69.6 Å². The van der Waals surface area contributed by atoms with Crippen LogP contribution < -0.4 is 27.4 Å². The van der Waals surface area contributed by atoms with Crippen LogP contribution in [0.2, 0.25) is 0 Å². The lowest BCUT2D eigenvalue weighted by atomic mass is 10.0. The van der Waals surface area contributed by atoms with Gasteiger partial charge in [0, 0.05) is 29.9 Å². The number of carbonyl (C=O) groups is 5. The molecule has 1 heterocycles. The Kier molecular flexibility index (Phi) is 11.7. The summed E-state index contributed by atoms with van der Waals surface area (Å²) in [4.78, 5) is 64.1. The fourth-order valence-corrected chi connectivity index (χ4v) is 3.85. The van der Waals surface area contributed by atoms with E-state index in [0.717, 1.165) is 10.9 Å². The number of benzene rings is 1. The normalized spacial score (nSPS) is 14.2. The number of aromatic amines is 1. The van der Waals surface area contributed by atoms with Gasteiger partial charge in [-0.2, -0.15) is 0 Å². The van der Waals surface area contributed by atoms with Gasteiger partial charge in [-0.1, -0.05) is 24.6 Å². The fraction of sp³-hybridized carbons (Fsp3) is 0.480. The van der Waals surface area contributed by atoms with E-state index in [1.165, 1.54) is 6.92 Å². The van der Waals surface area contributed by atoms with Gasteiger partial charge >= 0.3 is 11.9 Å². The van der Waals surface area contributed by atoms with Gasteiger partial charge in [-0.3, -0.25) is 19.2 Å². The Morgan fingerprint density at radius 2 is 1.61 bits per heavy atom. The summed E-state index contributed by atoms with van der Waals surface area (Å²) in [6.45, 7) is 1.86. The van der Waals surface area contributed by atoms with Gasteiger partial charge in [0.05, 0.1) is 6.04 Å². The molecule has 4 atom stereocenters. The number of nitrogens with one attached hydrogen (secondary N) is 4. The number of carboxylic acid groups (broad SMARTS) is 2. The standard InChI is InChI=1S/C25H36N6O7/c1-14(29-23(35)17(27)7-4-5-11-26)22(34)30-19(9-10-21(32)33)24(36)31-20(25(37)38)12-15-13-28-18-8-3-2-6-16(15)18/h2-3,6,8,13-14,17,19-20,28H,4-5,7,9-12,26-27H2,1H3,(H,29,35)(H,30,34)(H,31,36)(H,32,33)(H,37,38). The lowest BCUT2D eigenvalue weighted by molar-refractivity contribution is -0.143. The predicted octanol–water partition coefficient (Wildman–Crippen LogP) is -0.410. The average Bonchev–Trinajstić information content (AvgIpc) is 3.28. The van der Waals surface area contributed by atoms with Gasteiger partial charge < -0.3 is 42.6 Å². The van der Waals surface area contributed by atoms with Crippen LogP contribution in [-0.2, 0) is 30.4 Å². The molecule has 0 spiro atoms. The summed E-state index contributed by atoms with van der Waals surface area (Å²) in [6, 6.07) is 2.67. The molecule has 3 amide bonds. The minimum atomic E-state index is -1.35.